The minimum absolute atomic E-state index is 0.0293. The molecule has 4 heteroatoms. The fourth-order valence-corrected chi connectivity index (χ4v) is 1.48. The van der Waals surface area contributed by atoms with Crippen LogP contribution in [0, 0.1) is 5.92 Å². The molecular formula is C10H22O4. The van der Waals surface area contributed by atoms with Crippen molar-refractivity contribution in [2.24, 2.45) is 5.92 Å². The molecule has 2 N–H and O–H groups in total. The Hall–Kier alpha value is -0.160. The van der Waals surface area contributed by atoms with Gasteiger partial charge in [-0.05, 0) is 12.8 Å². The quantitative estimate of drug-likeness (QED) is 0.576. The molecule has 4 nitrogen and oxygen atoms in total. The molecule has 0 aromatic heterocycles. The molecule has 0 fully saturated rings. The molecule has 0 radical (unpaired) electrons. The third kappa shape index (κ3) is 4.37. The molecule has 14 heavy (non-hydrogen) atoms. The Labute approximate surface area is 85.8 Å². The molecule has 0 aliphatic rings. The summed E-state index contributed by atoms with van der Waals surface area (Å²) in [6, 6.07) is 0. The summed E-state index contributed by atoms with van der Waals surface area (Å²) < 4.78 is 10.4. The van der Waals surface area contributed by atoms with E-state index in [1.165, 1.54) is 0 Å². The molecule has 0 rings (SSSR count). The van der Waals surface area contributed by atoms with Crippen LogP contribution in [0.3, 0.4) is 0 Å². The van der Waals surface area contributed by atoms with Gasteiger partial charge in [0.25, 0.3) is 0 Å². The molecule has 0 aromatic carbocycles. The summed E-state index contributed by atoms with van der Waals surface area (Å²) in [6.45, 7) is 4.12. The first kappa shape index (κ1) is 13.8. The van der Waals surface area contributed by atoms with Gasteiger partial charge in [-0.15, -0.1) is 0 Å². The first-order chi connectivity index (χ1) is 6.71. The lowest BCUT2D eigenvalue weighted by atomic mass is 9.97. The fraction of sp³-hybridized carbons (Fsp3) is 1.00. The van der Waals surface area contributed by atoms with Crippen LogP contribution in [0.1, 0.15) is 26.7 Å². The summed E-state index contributed by atoms with van der Waals surface area (Å²) in [6.07, 6.45) is 0.630. The predicted molar refractivity (Wildman–Crippen MR) is 53.9 cm³/mol. The highest BCUT2D eigenvalue weighted by Gasteiger charge is 2.26. The molecule has 0 spiro atoms. The SMILES string of the molecule is CCC(O)C(CC)C(OC)OCCO. The summed E-state index contributed by atoms with van der Waals surface area (Å²) >= 11 is 0. The van der Waals surface area contributed by atoms with E-state index in [1.807, 2.05) is 13.8 Å². The van der Waals surface area contributed by atoms with Crippen molar-refractivity contribution in [2.75, 3.05) is 20.3 Å². The Bertz CT molecular complexity index is 129. The average Bonchev–Trinajstić information content (AvgIpc) is 2.23. The number of aliphatic hydroxyl groups is 2. The summed E-state index contributed by atoms with van der Waals surface area (Å²) in [5.74, 6) is -0.0310. The van der Waals surface area contributed by atoms with E-state index in [0.717, 1.165) is 6.42 Å². The topological polar surface area (TPSA) is 58.9 Å². The predicted octanol–water partition coefficient (Wildman–Crippen LogP) is 0.765. The van der Waals surface area contributed by atoms with Crippen molar-refractivity contribution in [1.82, 2.24) is 0 Å². The molecule has 3 atom stereocenters. The molecule has 86 valence electrons. The van der Waals surface area contributed by atoms with E-state index in [4.69, 9.17) is 14.6 Å². The summed E-state index contributed by atoms with van der Waals surface area (Å²) in [5, 5.41) is 18.3. The van der Waals surface area contributed by atoms with Gasteiger partial charge in [0, 0.05) is 13.0 Å². The van der Waals surface area contributed by atoms with E-state index in [0.29, 0.717) is 6.42 Å². The van der Waals surface area contributed by atoms with Crippen LogP contribution < -0.4 is 0 Å². The minimum Gasteiger partial charge on any atom is -0.394 e. The number of hydrogen-bond donors (Lipinski definition) is 2. The Morgan fingerprint density at radius 2 is 1.86 bits per heavy atom. The van der Waals surface area contributed by atoms with E-state index < -0.39 is 12.4 Å². The zero-order valence-electron chi connectivity index (χ0n) is 9.27. The normalized spacial score (nSPS) is 17.8. The first-order valence-electron chi connectivity index (χ1n) is 5.14. The Morgan fingerprint density at radius 3 is 2.21 bits per heavy atom. The van der Waals surface area contributed by atoms with Crippen molar-refractivity contribution in [3.05, 3.63) is 0 Å². The molecule has 0 amide bonds. The van der Waals surface area contributed by atoms with Gasteiger partial charge in [-0.25, -0.2) is 0 Å². The van der Waals surface area contributed by atoms with E-state index in [9.17, 15) is 5.11 Å². The average molecular weight is 206 g/mol. The van der Waals surface area contributed by atoms with E-state index >= 15 is 0 Å². The highest BCUT2D eigenvalue weighted by molar-refractivity contribution is 4.69. The van der Waals surface area contributed by atoms with Crippen molar-refractivity contribution in [1.29, 1.82) is 0 Å². The van der Waals surface area contributed by atoms with E-state index in [1.54, 1.807) is 7.11 Å². The Balaban J connectivity index is 4.13. The third-order valence-corrected chi connectivity index (χ3v) is 2.34. The Kier molecular flexibility index (Phi) is 8.08. The summed E-state index contributed by atoms with van der Waals surface area (Å²) in [5.41, 5.74) is 0. The highest BCUT2D eigenvalue weighted by atomic mass is 16.7. The highest BCUT2D eigenvalue weighted by Crippen LogP contribution is 2.19. The van der Waals surface area contributed by atoms with E-state index in [-0.39, 0.29) is 19.1 Å². The zero-order valence-corrected chi connectivity index (χ0v) is 9.27. The van der Waals surface area contributed by atoms with Gasteiger partial charge in [-0.1, -0.05) is 13.8 Å². The van der Waals surface area contributed by atoms with Gasteiger partial charge in [0.15, 0.2) is 6.29 Å². The molecule has 3 unspecified atom stereocenters. The number of methoxy groups -OCH3 is 1. The van der Waals surface area contributed by atoms with E-state index in [2.05, 4.69) is 0 Å². The van der Waals surface area contributed by atoms with Crippen LogP contribution >= 0.6 is 0 Å². The maximum absolute atomic E-state index is 9.70. The van der Waals surface area contributed by atoms with Gasteiger partial charge in [-0.2, -0.15) is 0 Å². The second-order valence-electron chi connectivity index (χ2n) is 3.25. The van der Waals surface area contributed by atoms with Crippen LogP contribution in [0.25, 0.3) is 0 Å². The second kappa shape index (κ2) is 8.17. The van der Waals surface area contributed by atoms with Crippen molar-refractivity contribution in [3.63, 3.8) is 0 Å². The number of ether oxygens (including phenoxy) is 2. The van der Waals surface area contributed by atoms with Gasteiger partial charge >= 0.3 is 0 Å². The molecule has 0 saturated heterocycles. The second-order valence-corrected chi connectivity index (χ2v) is 3.25. The zero-order chi connectivity index (χ0) is 11.0. The maximum atomic E-state index is 9.70. The fourth-order valence-electron chi connectivity index (χ4n) is 1.48. The molecule has 0 heterocycles. The van der Waals surface area contributed by atoms with Gasteiger partial charge in [0.2, 0.25) is 0 Å². The smallest absolute Gasteiger partial charge is 0.162 e. The first-order valence-corrected chi connectivity index (χ1v) is 5.14. The number of rotatable bonds is 8. The minimum atomic E-state index is -0.429. The van der Waals surface area contributed by atoms with Gasteiger partial charge in [0.05, 0.1) is 19.3 Å². The van der Waals surface area contributed by atoms with Crippen LogP contribution in [-0.4, -0.2) is 42.9 Å². The molecule has 0 aliphatic carbocycles. The molecular weight excluding hydrogens is 184 g/mol. The van der Waals surface area contributed by atoms with Crippen molar-refractivity contribution in [2.45, 2.75) is 39.1 Å². The van der Waals surface area contributed by atoms with Crippen LogP contribution in [0.2, 0.25) is 0 Å². The monoisotopic (exact) mass is 206 g/mol. The summed E-state index contributed by atoms with van der Waals surface area (Å²) in [7, 11) is 1.55. The molecule has 0 bridgehead atoms. The number of hydrogen-bond acceptors (Lipinski definition) is 4. The van der Waals surface area contributed by atoms with Crippen molar-refractivity contribution < 1.29 is 19.7 Å². The standard InChI is InChI=1S/C10H22O4/c1-4-8(9(12)5-2)10(13-3)14-7-6-11/h8-12H,4-7H2,1-3H3. The lowest BCUT2D eigenvalue weighted by molar-refractivity contribution is -0.181. The molecule has 0 aliphatic heterocycles. The largest absolute Gasteiger partial charge is 0.394 e. The van der Waals surface area contributed by atoms with Gasteiger partial charge in [-0.3, -0.25) is 0 Å². The molecule has 0 aromatic rings. The van der Waals surface area contributed by atoms with Gasteiger partial charge < -0.3 is 19.7 Å². The van der Waals surface area contributed by atoms with Crippen molar-refractivity contribution in [3.8, 4) is 0 Å². The lowest BCUT2D eigenvalue weighted by Crippen LogP contribution is -2.35. The lowest BCUT2D eigenvalue weighted by Gasteiger charge is -2.28. The Morgan fingerprint density at radius 1 is 1.21 bits per heavy atom. The van der Waals surface area contributed by atoms with Crippen LogP contribution in [0.4, 0.5) is 0 Å². The van der Waals surface area contributed by atoms with Crippen LogP contribution in [0.5, 0.6) is 0 Å². The molecule has 0 saturated carbocycles. The summed E-state index contributed by atoms with van der Waals surface area (Å²) in [4.78, 5) is 0. The maximum Gasteiger partial charge on any atom is 0.162 e. The van der Waals surface area contributed by atoms with Crippen LogP contribution in [0.15, 0.2) is 0 Å². The van der Waals surface area contributed by atoms with Crippen molar-refractivity contribution >= 4 is 0 Å². The van der Waals surface area contributed by atoms with Crippen LogP contribution in [-0.2, 0) is 9.47 Å². The third-order valence-electron chi connectivity index (χ3n) is 2.34. The number of aliphatic hydroxyl groups excluding tert-OH is 2. The van der Waals surface area contributed by atoms with Gasteiger partial charge in [0.1, 0.15) is 0 Å².